The molecule has 1 atom stereocenters. The second-order valence-corrected chi connectivity index (χ2v) is 5.35. The van der Waals surface area contributed by atoms with E-state index in [1.807, 2.05) is 6.92 Å². The fourth-order valence-corrected chi connectivity index (χ4v) is 1.79. The Hall–Kier alpha value is -0.550. The summed E-state index contributed by atoms with van der Waals surface area (Å²) in [6, 6.07) is 0. The Kier molecular flexibility index (Phi) is 7.55. The second-order valence-electron chi connectivity index (χ2n) is 5.35. The highest BCUT2D eigenvalue weighted by molar-refractivity contribution is 4.70. The molecule has 0 aromatic heterocycles. The number of nitrogens with zero attached hydrogens (tertiary/aromatic N) is 1. The third kappa shape index (κ3) is 10.6. The van der Waals surface area contributed by atoms with Crippen molar-refractivity contribution in [2.24, 2.45) is 0 Å². The number of quaternary nitrogens is 1. The van der Waals surface area contributed by atoms with Crippen LogP contribution in [0.1, 0.15) is 26.2 Å². The molecule has 0 heterocycles. The van der Waals surface area contributed by atoms with Crippen molar-refractivity contribution in [1.82, 2.24) is 0 Å². The number of unbranched alkanes of at least 4 members (excludes halogenated alkanes) is 1. The van der Waals surface area contributed by atoms with Crippen LogP contribution in [0.3, 0.4) is 0 Å². The van der Waals surface area contributed by atoms with Gasteiger partial charge in [-0.3, -0.25) is 0 Å². The molecule has 0 aliphatic rings. The van der Waals surface area contributed by atoms with Crippen LogP contribution in [-0.4, -0.2) is 50.6 Å². The van der Waals surface area contributed by atoms with Crippen LogP contribution in [0.4, 0.5) is 13.2 Å². The van der Waals surface area contributed by atoms with E-state index in [2.05, 4.69) is 6.58 Å². The predicted molar refractivity (Wildman–Crippen MR) is 67.4 cm³/mol. The number of halogens is 3. The molecule has 0 saturated heterocycles. The van der Waals surface area contributed by atoms with Crippen molar-refractivity contribution in [3.05, 3.63) is 12.7 Å². The fraction of sp³-hybridized carbons (Fsp3) is 0.846. The van der Waals surface area contributed by atoms with Gasteiger partial charge in [-0.25, -0.2) is 0 Å². The van der Waals surface area contributed by atoms with Crippen molar-refractivity contribution in [2.45, 2.75) is 38.5 Å². The molecule has 0 saturated carbocycles. The van der Waals surface area contributed by atoms with Crippen LogP contribution in [-0.2, 0) is 4.74 Å². The molecule has 2 nitrogen and oxygen atoms in total. The topological polar surface area (TPSA) is 9.23 Å². The van der Waals surface area contributed by atoms with Gasteiger partial charge in [0.05, 0.1) is 26.7 Å². The van der Waals surface area contributed by atoms with Crippen LogP contribution >= 0.6 is 0 Å². The highest BCUT2D eigenvalue weighted by Crippen LogP contribution is 2.19. The van der Waals surface area contributed by atoms with Crippen LogP contribution < -0.4 is 0 Å². The van der Waals surface area contributed by atoms with E-state index in [0.29, 0.717) is 13.2 Å². The largest absolute Gasteiger partial charge is 0.438 e. The lowest BCUT2D eigenvalue weighted by molar-refractivity contribution is -0.900. The Labute approximate surface area is 108 Å². The third-order valence-corrected chi connectivity index (χ3v) is 2.67. The molecule has 0 amide bonds. The van der Waals surface area contributed by atoms with Gasteiger partial charge in [0.2, 0.25) is 0 Å². The summed E-state index contributed by atoms with van der Waals surface area (Å²) in [5.74, 6) is 0. The minimum atomic E-state index is -4.10. The Balaban J connectivity index is 3.68. The molecule has 0 aliphatic carbocycles. The van der Waals surface area contributed by atoms with Crippen molar-refractivity contribution < 1.29 is 22.4 Å². The average Bonchev–Trinajstić information content (AvgIpc) is 2.13. The van der Waals surface area contributed by atoms with Gasteiger partial charge in [-0.1, -0.05) is 6.08 Å². The normalized spacial score (nSPS) is 14.6. The monoisotopic (exact) mass is 268 g/mol. The summed E-state index contributed by atoms with van der Waals surface area (Å²) in [6.07, 6.45) is 0.174. The highest BCUT2D eigenvalue weighted by Gasteiger charge is 2.36. The zero-order chi connectivity index (χ0) is 14.2. The predicted octanol–water partition coefficient (Wildman–Crippen LogP) is 3.39. The van der Waals surface area contributed by atoms with Gasteiger partial charge in [-0.15, -0.1) is 6.58 Å². The third-order valence-electron chi connectivity index (χ3n) is 2.67. The van der Waals surface area contributed by atoms with Gasteiger partial charge in [-0.05, 0) is 26.2 Å². The standard InChI is InChI=1S/C13H25F3NO/c1-5-8-12(2)18-10-7-6-9-17(3,4)11-13(14,15)16/h5,12H,1,6-11H2,2-4H3/q+1. The van der Waals surface area contributed by atoms with E-state index in [-0.39, 0.29) is 10.6 Å². The number of rotatable bonds is 9. The molecular weight excluding hydrogens is 243 g/mol. The zero-order valence-corrected chi connectivity index (χ0v) is 11.6. The van der Waals surface area contributed by atoms with Gasteiger partial charge in [-0.2, -0.15) is 13.2 Å². The van der Waals surface area contributed by atoms with Gasteiger partial charge in [0.1, 0.15) is 0 Å². The molecule has 0 spiro atoms. The number of ether oxygens (including phenoxy) is 1. The minimum absolute atomic E-state index is 0.0221. The summed E-state index contributed by atoms with van der Waals surface area (Å²) < 4.78 is 42.3. The van der Waals surface area contributed by atoms with E-state index < -0.39 is 12.7 Å². The highest BCUT2D eigenvalue weighted by atomic mass is 19.4. The van der Waals surface area contributed by atoms with Crippen LogP contribution in [0, 0.1) is 0 Å². The molecule has 0 rings (SSSR count). The first-order chi connectivity index (χ1) is 8.16. The van der Waals surface area contributed by atoms with Crippen molar-refractivity contribution in [1.29, 1.82) is 0 Å². The maximum absolute atomic E-state index is 12.3. The van der Waals surface area contributed by atoms with Crippen molar-refractivity contribution >= 4 is 0 Å². The minimum Gasteiger partial charge on any atom is -0.378 e. The molecule has 0 aromatic rings. The van der Waals surface area contributed by atoms with E-state index in [9.17, 15) is 13.2 Å². The first-order valence-corrected chi connectivity index (χ1v) is 6.27. The Morgan fingerprint density at radius 3 is 2.39 bits per heavy atom. The summed E-state index contributed by atoms with van der Waals surface area (Å²) >= 11 is 0. The summed E-state index contributed by atoms with van der Waals surface area (Å²) in [4.78, 5) is 0. The summed E-state index contributed by atoms with van der Waals surface area (Å²) in [6.45, 7) is 5.92. The quantitative estimate of drug-likeness (QED) is 0.354. The van der Waals surface area contributed by atoms with Crippen LogP contribution in [0.5, 0.6) is 0 Å². The molecular formula is C13H25F3NO+. The summed E-state index contributed by atoms with van der Waals surface area (Å²) in [5, 5.41) is 0. The number of alkyl halides is 3. The Morgan fingerprint density at radius 1 is 1.28 bits per heavy atom. The smallest absolute Gasteiger partial charge is 0.378 e. The van der Waals surface area contributed by atoms with Crippen molar-refractivity contribution in [3.8, 4) is 0 Å². The number of hydrogen-bond acceptors (Lipinski definition) is 1. The van der Waals surface area contributed by atoms with Gasteiger partial charge in [0, 0.05) is 6.61 Å². The molecule has 0 aromatic carbocycles. The van der Waals surface area contributed by atoms with Crippen LogP contribution in [0.15, 0.2) is 12.7 Å². The Bertz CT molecular complexity index is 239. The molecule has 0 fully saturated rings. The summed E-state index contributed by atoms with van der Waals surface area (Å²) in [5.41, 5.74) is 0. The van der Waals surface area contributed by atoms with Crippen LogP contribution in [0.25, 0.3) is 0 Å². The SMILES string of the molecule is C=CCC(C)OCCCC[N+](C)(C)CC(F)(F)F. The van der Waals surface area contributed by atoms with Gasteiger partial charge < -0.3 is 9.22 Å². The fourth-order valence-electron chi connectivity index (χ4n) is 1.79. The Morgan fingerprint density at radius 2 is 1.89 bits per heavy atom. The van der Waals surface area contributed by atoms with E-state index >= 15 is 0 Å². The maximum Gasteiger partial charge on any atom is 0.438 e. The lowest BCUT2D eigenvalue weighted by Gasteiger charge is -2.30. The lowest BCUT2D eigenvalue weighted by atomic mass is 10.2. The van der Waals surface area contributed by atoms with E-state index in [4.69, 9.17) is 4.74 Å². The molecule has 0 N–H and O–H groups in total. The molecule has 0 radical (unpaired) electrons. The molecule has 0 aliphatic heterocycles. The molecule has 1 unspecified atom stereocenters. The summed E-state index contributed by atoms with van der Waals surface area (Å²) in [7, 11) is 3.21. The average molecular weight is 268 g/mol. The van der Waals surface area contributed by atoms with Crippen molar-refractivity contribution in [3.63, 3.8) is 0 Å². The van der Waals surface area contributed by atoms with Crippen LogP contribution in [0.2, 0.25) is 0 Å². The van der Waals surface area contributed by atoms with E-state index in [1.165, 1.54) is 0 Å². The molecule has 5 heteroatoms. The lowest BCUT2D eigenvalue weighted by Crippen LogP contribution is -2.47. The maximum atomic E-state index is 12.3. The number of hydrogen-bond donors (Lipinski definition) is 0. The van der Waals surface area contributed by atoms with Crippen molar-refractivity contribution in [2.75, 3.05) is 33.8 Å². The first-order valence-electron chi connectivity index (χ1n) is 6.27. The van der Waals surface area contributed by atoms with E-state index in [0.717, 1.165) is 19.3 Å². The van der Waals surface area contributed by atoms with Gasteiger partial charge in [0.15, 0.2) is 6.54 Å². The molecule has 18 heavy (non-hydrogen) atoms. The molecule has 0 bridgehead atoms. The first kappa shape index (κ1) is 17.4. The van der Waals surface area contributed by atoms with Gasteiger partial charge in [0.25, 0.3) is 0 Å². The van der Waals surface area contributed by atoms with Gasteiger partial charge >= 0.3 is 6.18 Å². The zero-order valence-electron chi connectivity index (χ0n) is 11.6. The van der Waals surface area contributed by atoms with E-state index in [1.54, 1.807) is 20.2 Å². The molecule has 108 valence electrons. The second kappa shape index (κ2) is 7.79.